The topological polar surface area (TPSA) is 37.4 Å². The van der Waals surface area contributed by atoms with Crippen molar-refractivity contribution in [1.82, 2.24) is 15.2 Å². The van der Waals surface area contributed by atoms with Crippen molar-refractivity contribution in [2.24, 2.45) is 0 Å². The molecule has 2 atom stereocenters. The third kappa shape index (κ3) is 4.48. The highest BCUT2D eigenvalue weighted by Crippen LogP contribution is 2.12. The van der Waals surface area contributed by atoms with Crippen molar-refractivity contribution in [1.29, 1.82) is 0 Å². The molecule has 0 aromatic carbocycles. The van der Waals surface area contributed by atoms with Crippen molar-refractivity contribution in [3.63, 3.8) is 0 Å². The summed E-state index contributed by atoms with van der Waals surface area (Å²) in [6.45, 7) is 7.82. The van der Waals surface area contributed by atoms with E-state index in [4.69, 9.17) is 4.74 Å². The van der Waals surface area contributed by atoms with Crippen LogP contribution in [0.15, 0.2) is 18.3 Å². The van der Waals surface area contributed by atoms with Crippen LogP contribution in [0.1, 0.15) is 32.3 Å². The van der Waals surface area contributed by atoms with Gasteiger partial charge in [-0.15, -0.1) is 0 Å². The molecule has 106 valence electrons. The van der Waals surface area contributed by atoms with Crippen LogP contribution >= 0.6 is 0 Å². The molecule has 0 spiro atoms. The first-order valence-electron chi connectivity index (χ1n) is 7.14. The molecule has 1 fully saturated rings. The number of methoxy groups -OCH3 is 1. The van der Waals surface area contributed by atoms with Crippen molar-refractivity contribution in [3.8, 4) is 5.88 Å². The smallest absolute Gasteiger partial charge is 0.212 e. The summed E-state index contributed by atoms with van der Waals surface area (Å²) in [5.74, 6) is 0.683. The summed E-state index contributed by atoms with van der Waals surface area (Å²) in [5.41, 5.74) is 1.26. The van der Waals surface area contributed by atoms with E-state index in [-0.39, 0.29) is 0 Å². The number of ether oxygens (including phenoxy) is 1. The predicted molar refractivity (Wildman–Crippen MR) is 77.4 cm³/mol. The van der Waals surface area contributed by atoms with Crippen LogP contribution in [0.2, 0.25) is 0 Å². The molecule has 2 heterocycles. The molecule has 0 amide bonds. The molecule has 1 aromatic heterocycles. The molecule has 0 bridgehead atoms. The molecule has 1 aliphatic rings. The largest absolute Gasteiger partial charge is 0.481 e. The van der Waals surface area contributed by atoms with Crippen molar-refractivity contribution in [2.45, 2.75) is 45.3 Å². The fourth-order valence-electron chi connectivity index (χ4n) is 2.56. The summed E-state index contributed by atoms with van der Waals surface area (Å²) >= 11 is 0. The maximum Gasteiger partial charge on any atom is 0.212 e. The number of nitrogens with zero attached hydrogens (tertiary/aromatic N) is 2. The zero-order valence-corrected chi connectivity index (χ0v) is 12.2. The molecule has 0 saturated carbocycles. The first-order chi connectivity index (χ1) is 9.17. The van der Waals surface area contributed by atoms with Gasteiger partial charge in [0.2, 0.25) is 5.88 Å². The Hall–Kier alpha value is -1.13. The number of pyridine rings is 1. The molecule has 0 radical (unpaired) electrons. The zero-order valence-electron chi connectivity index (χ0n) is 12.2. The zero-order chi connectivity index (χ0) is 13.7. The molecular formula is C15H25N3O. The number of aromatic nitrogens is 1. The Morgan fingerprint density at radius 3 is 2.47 bits per heavy atom. The van der Waals surface area contributed by atoms with E-state index in [2.05, 4.69) is 35.1 Å². The van der Waals surface area contributed by atoms with Crippen molar-refractivity contribution >= 4 is 0 Å². The predicted octanol–water partition coefficient (Wildman–Crippen LogP) is 2.05. The van der Waals surface area contributed by atoms with Gasteiger partial charge in [0, 0.05) is 30.9 Å². The highest BCUT2D eigenvalue weighted by Gasteiger charge is 2.16. The standard InChI is InChI=1S/C15H25N3O/c1-12-6-8-18(9-7-13(2)17-12)11-14-4-5-15(19-3)16-10-14/h4-5,10,12-13,17H,6-9,11H2,1-3H3. The number of hydrogen-bond acceptors (Lipinski definition) is 4. The molecule has 1 saturated heterocycles. The minimum absolute atomic E-state index is 0.604. The molecule has 1 aromatic rings. The van der Waals surface area contributed by atoms with Crippen LogP contribution in [0.4, 0.5) is 0 Å². The van der Waals surface area contributed by atoms with Gasteiger partial charge in [0.25, 0.3) is 0 Å². The van der Waals surface area contributed by atoms with Gasteiger partial charge in [-0.1, -0.05) is 6.07 Å². The Kier molecular flexibility index (Phi) is 5.16. The lowest BCUT2D eigenvalue weighted by Crippen LogP contribution is -2.42. The van der Waals surface area contributed by atoms with E-state index in [1.54, 1.807) is 7.11 Å². The van der Waals surface area contributed by atoms with Crippen LogP contribution in [0.5, 0.6) is 5.88 Å². The van der Waals surface area contributed by atoms with Crippen LogP contribution in [-0.2, 0) is 6.54 Å². The average Bonchev–Trinajstić information content (AvgIpc) is 2.41. The molecule has 1 N–H and O–H groups in total. The number of rotatable bonds is 3. The first kappa shape index (κ1) is 14.3. The molecule has 19 heavy (non-hydrogen) atoms. The first-order valence-corrected chi connectivity index (χ1v) is 7.14. The molecule has 1 aliphatic heterocycles. The molecule has 4 nitrogen and oxygen atoms in total. The van der Waals surface area contributed by atoms with Gasteiger partial charge in [-0.2, -0.15) is 0 Å². The Morgan fingerprint density at radius 1 is 1.26 bits per heavy atom. The van der Waals surface area contributed by atoms with E-state index < -0.39 is 0 Å². The Balaban J connectivity index is 1.92. The average molecular weight is 263 g/mol. The normalized spacial score (nSPS) is 25.6. The maximum atomic E-state index is 5.09. The summed E-state index contributed by atoms with van der Waals surface area (Å²) in [5, 5.41) is 3.63. The quantitative estimate of drug-likeness (QED) is 0.905. The van der Waals surface area contributed by atoms with Gasteiger partial charge in [0.05, 0.1) is 7.11 Å². The summed E-state index contributed by atoms with van der Waals surface area (Å²) in [6.07, 6.45) is 4.32. The summed E-state index contributed by atoms with van der Waals surface area (Å²) in [4.78, 5) is 6.80. The summed E-state index contributed by atoms with van der Waals surface area (Å²) in [6, 6.07) is 5.25. The molecule has 2 unspecified atom stereocenters. The fraction of sp³-hybridized carbons (Fsp3) is 0.667. The van der Waals surface area contributed by atoms with E-state index in [1.807, 2.05) is 12.3 Å². The van der Waals surface area contributed by atoms with Gasteiger partial charge in [0.15, 0.2) is 0 Å². The highest BCUT2D eigenvalue weighted by molar-refractivity contribution is 5.17. The molecule has 0 aliphatic carbocycles. The van der Waals surface area contributed by atoms with Crippen molar-refractivity contribution in [2.75, 3.05) is 20.2 Å². The van der Waals surface area contributed by atoms with Crippen molar-refractivity contribution < 1.29 is 4.74 Å². The molecule has 2 rings (SSSR count). The Bertz CT molecular complexity index is 367. The van der Waals surface area contributed by atoms with Crippen molar-refractivity contribution in [3.05, 3.63) is 23.9 Å². The van der Waals surface area contributed by atoms with Gasteiger partial charge in [-0.05, 0) is 45.3 Å². The second-order valence-electron chi connectivity index (χ2n) is 5.53. The van der Waals surface area contributed by atoms with Crippen LogP contribution in [0, 0.1) is 0 Å². The SMILES string of the molecule is COc1ccc(CN2CCC(C)NC(C)CC2)cn1. The van der Waals surface area contributed by atoms with Gasteiger partial charge in [-0.3, -0.25) is 4.90 Å². The molecular weight excluding hydrogens is 238 g/mol. The Morgan fingerprint density at radius 2 is 1.95 bits per heavy atom. The lowest BCUT2D eigenvalue weighted by Gasteiger charge is -2.30. The van der Waals surface area contributed by atoms with Crippen LogP contribution in [0.3, 0.4) is 0 Å². The van der Waals surface area contributed by atoms with Crippen LogP contribution in [-0.4, -0.2) is 42.2 Å². The van der Waals surface area contributed by atoms with Gasteiger partial charge >= 0.3 is 0 Å². The monoisotopic (exact) mass is 263 g/mol. The lowest BCUT2D eigenvalue weighted by molar-refractivity contribution is 0.211. The third-order valence-electron chi connectivity index (χ3n) is 3.74. The maximum absolute atomic E-state index is 5.09. The highest BCUT2D eigenvalue weighted by atomic mass is 16.5. The molecule has 4 heteroatoms. The van der Waals surface area contributed by atoms with Crippen LogP contribution in [0.25, 0.3) is 0 Å². The number of hydrogen-bond donors (Lipinski definition) is 1. The minimum atomic E-state index is 0.604. The Labute approximate surface area is 116 Å². The van der Waals surface area contributed by atoms with Gasteiger partial charge in [-0.25, -0.2) is 4.98 Å². The minimum Gasteiger partial charge on any atom is -0.481 e. The fourth-order valence-corrected chi connectivity index (χ4v) is 2.56. The van der Waals surface area contributed by atoms with E-state index in [0.29, 0.717) is 18.0 Å². The van der Waals surface area contributed by atoms with E-state index in [1.165, 1.54) is 18.4 Å². The van der Waals surface area contributed by atoms with Crippen LogP contribution < -0.4 is 10.1 Å². The van der Waals surface area contributed by atoms with Gasteiger partial charge in [0.1, 0.15) is 0 Å². The van der Waals surface area contributed by atoms with E-state index in [0.717, 1.165) is 19.6 Å². The summed E-state index contributed by atoms with van der Waals surface area (Å²) < 4.78 is 5.09. The van der Waals surface area contributed by atoms with E-state index >= 15 is 0 Å². The second kappa shape index (κ2) is 6.87. The second-order valence-corrected chi connectivity index (χ2v) is 5.53. The van der Waals surface area contributed by atoms with Gasteiger partial charge < -0.3 is 10.1 Å². The summed E-state index contributed by atoms with van der Waals surface area (Å²) in [7, 11) is 1.65. The number of nitrogens with one attached hydrogen (secondary N) is 1. The van der Waals surface area contributed by atoms with E-state index in [9.17, 15) is 0 Å². The lowest BCUT2D eigenvalue weighted by atomic mass is 10.1. The third-order valence-corrected chi connectivity index (χ3v) is 3.74.